The minimum absolute atomic E-state index is 0.510. The Morgan fingerprint density at radius 3 is 1.97 bits per heavy atom. The quantitative estimate of drug-likeness (QED) is 0.243. The zero-order valence-electron chi connectivity index (χ0n) is 17.1. The van der Waals surface area contributed by atoms with Crippen molar-refractivity contribution in [3.05, 3.63) is 0 Å². The van der Waals surface area contributed by atoms with Gasteiger partial charge in [-0.05, 0) is 6.92 Å². The van der Waals surface area contributed by atoms with Gasteiger partial charge in [0, 0.05) is 21.0 Å². The first-order valence-corrected chi connectivity index (χ1v) is 9.35. The zero-order valence-corrected chi connectivity index (χ0v) is 17.1. The van der Waals surface area contributed by atoms with Gasteiger partial charge in [-0.3, -0.25) is 9.59 Å². The Balaban J connectivity index is 2.33. The first-order valence-electron chi connectivity index (χ1n) is 9.35. The predicted octanol–water partition coefficient (Wildman–Crippen LogP) is -3.37. The molecule has 0 radical (unpaired) electrons. The highest BCUT2D eigenvalue weighted by molar-refractivity contribution is 5.75. The van der Waals surface area contributed by atoms with Gasteiger partial charge in [0.1, 0.15) is 24.3 Å². The van der Waals surface area contributed by atoms with Crippen LogP contribution in [0.4, 0.5) is 0 Å². The zero-order chi connectivity index (χ0) is 22.7. The van der Waals surface area contributed by atoms with E-state index in [9.17, 15) is 29.7 Å². The summed E-state index contributed by atoms with van der Waals surface area (Å²) < 4.78 is 21.8. The van der Waals surface area contributed by atoms with Crippen molar-refractivity contribution >= 4 is 17.8 Å². The van der Waals surface area contributed by atoms with Crippen LogP contribution in [-0.2, 0) is 33.3 Å². The summed E-state index contributed by atoms with van der Waals surface area (Å²) in [6.45, 7) is 3.98. The molecule has 2 amide bonds. The summed E-state index contributed by atoms with van der Waals surface area (Å²) >= 11 is 0. The number of nitrogens with one attached hydrogen (secondary N) is 2. The minimum atomic E-state index is -1.69. The number of amides is 2. The third kappa shape index (κ3) is 5.24. The Labute approximate surface area is 172 Å². The molecule has 2 saturated heterocycles. The van der Waals surface area contributed by atoms with Gasteiger partial charge in [0.15, 0.2) is 18.7 Å². The van der Waals surface area contributed by atoms with Crippen molar-refractivity contribution in [3.63, 3.8) is 0 Å². The van der Waals surface area contributed by atoms with Crippen molar-refractivity contribution < 1.29 is 48.7 Å². The van der Waals surface area contributed by atoms with Crippen LogP contribution in [0.15, 0.2) is 0 Å². The normalized spacial score (nSPS) is 41.7. The molecule has 10 atom stereocenters. The van der Waals surface area contributed by atoms with E-state index in [2.05, 4.69) is 10.6 Å². The first kappa shape index (κ1) is 24.4. The number of carboxylic acids is 1. The molecule has 7 N–H and O–H groups in total. The Morgan fingerprint density at radius 1 is 0.967 bits per heavy atom. The molecule has 0 unspecified atom stereocenters. The number of aliphatic hydroxyl groups is 2. The second-order valence-corrected chi connectivity index (χ2v) is 7.32. The maximum atomic E-state index is 11.7. The third-order valence-electron chi connectivity index (χ3n) is 5.03. The lowest BCUT2D eigenvalue weighted by molar-refractivity contribution is -0.312. The van der Waals surface area contributed by atoms with E-state index in [4.69, 9.17) is 24.7 Å². The van der Waals surface area contributed by atoms with Gasteiger partial charge < -0.3 is 50.6 Å². The Morgan fingerprint density at radius 2 is 1.50 bits per heavy atom. The number of carboxylic acid groups (broad SMARTS) is 1. The molecule has 2 heterocycles. The topological polar surface area (TPSA) is 199 Å². The van der Waals surface area contributed by atoms with E-state index in [-0.39, 0.29) is 0 Å². The van der Waals surface area contributed by atoms with Crippen molar-refractivity contribution in [2.75, 3.05) is 7.11 Å². The lowest BCUT2D eigenvalue weighted by Crippen LogP contribution is -2.70. The van der Waals surface area contributed by atoms with Crippen LogP contribution in [0.5, 0.6) is 0 Å². The number of carbonyl (C=O) groups excluding carboxylic acids is 2. The van der Waals surface area contributed by atoms with Crippen LogP contribution in [0.1, 0.15) is 20.8 Å². The summed E-state index contributed by atoms with van der Waals surface area (Å²) in [6.07, 6.45) is -9.43. The van der Waals surface area contributed by atoms with E-state index in [1.807, 2.05) is 0 Å². The molecule has 0 aromatic carbocycles. The molecule has 30 heavy (non-hydrogen) atoms. The third-order valence-corrected chi connectivity index (χ3v) is 5.03. The number of aliphatic carboxylic acids is 1. The fraction of sp³-hybridized carbons (Fsp3) is 0.824. The Kier molecular flexibility index (Phi) is 8.10. The number of rotatable bonds is 6. The van der Waals surface area contributed by atoms with E-state index in [0.29, 0.717) is 0 Å². The van der Waals surface area contributed by atoms with Crippen LogP contribution < -0.4 is 16.4 Å². The van der Waals surface area contributed by atoms with Gasteiger partial charge in [-0.15, -0.1) is 0 Å². The maximum Gasteiger partial charge on any atom is 0.335 e. The summed E-state index contributed by atoms with van der Waals surface area (Å²) in [4.78, 5) is 34.8. The van der Waals surface area contributed by atoms with Gasteiger partial charge in [-0.2, -0.15) is 0 Å². The molecule has 2 fully saturated rings. The predicted molar refractivity (Wildman–Crippen MR) is 97.7 cm³/mol. The number of ether oxygens (including phenoxy) is 4. The minimum Gasteiger partial charge on any atom is -0.479 e. The number of methoxy groups -OCH3 is 1. The molecule has 172 valence electrons. The van der Waals surface area contributed by atoms with Crippen molar-refractivity contribution in [1.82, 2.24) is 10.6 Å². The highest BCUT2D eigenvalue weighted by Crippen LogP contribution is 2.29. The van der Waals surface area contributed by atoms with Gasteiger partial charge in [0.2, 0.25) is 11.8 Å². The number of hydrogen-bond donors (Lipinski definition) is 6. The second-order valence-electron chi connectivity index (χ2n) is 7.32. The van der Waals surface area contributed by atoms with Crippen LogP contribution in [0, 0.1) is 0 Å². The fourth-order valence-electron chi connectivity index (χ4n) is 3.52. The number of nitrogens with two attached hydrogens (primary N) is 1. The van der Waals surface area contributed by atoms with Crippen molar-refractivity contribution in [2.24, 2.45) is 5.73 Å². The van der Waals surface area contributed by atoms with Crippen molar-refractivity contribution in [3.8, 4) is 0 Å². The summed E-state index contributed by atoms with van der Waals surface area (Å²) in [5, 5.41) is 35.7. The van der Waals surface area contributed by atoms with Crippen LogP contribution in [0.3, 0.4) is 0 Å². The second kappa shape index (κ2) is 9.96. The highest BCUT2D eigenvalue weighted by atomic mass is 16.7. The van der Waals surface area contributed by atoms with E-state index in [0.717, 1.165) is 0 Å². The maximum absolute atomic E-state index is 11.7. The summed E-state index contributed by atoms with van der Waals surface area (Å²) in [6, 6.07) is -3.15. The Bertz CT molecular complexity index is 649. The van der Waals surface area contributed by atoms with Gasteiger partial charge in [0.05, 0.1) is 18.2 Å². The SMILES string of the molecule is CO[C@@H]1O[C@@H](C(=O)O)[C@H](O[C@@H]2O[C@H](C)[C@H](N)[C@H](O)[C@H]2NC(C)=O)[C@H](O)[C@H]1NC(C)=O. The van der Waals surface area contributed by atoms with E-state index in [1.165, 1.54) is 21.0 Å². The van der Waals surface area contributed by atoms with E-state index in [1.54, 1.807) is 6.92 Å². The molecule has 2 rings (SSSR count). The lowest BCUT2D eigenvalue weighted by atomic mass is 9.94. The van der Waals surface area contributed by atoms with Crippen molar-refractivity contribution in [1.29, 1.82) is 0 Å². The van der Waals surface area contributed by atoms with Gasteiger partial charge in [-0.1, -0.05) is 0 Å². The number of carbonyl (C=O) groups is 3. The molecule has 13 nitrogen and oxygen atoms in total. The summed E-state index contributed by atoms with van der Waals surface area (Å²) in [5.74, 6) is -2.49. The average Bonchev–Trinajstić information content (AvgIpc) is 2.65. The van der Waals surface area contributed by atoms with E-state index < -0.39 is 79.0 Å². The van der Waals surface area contributed by atoms with Gasteiger partial charge in [-0.25, -0.2) is 4.79 Å². The molecular formula is C17H29N3O10. The molecule has 0 saturated carbocycles. The molecule has 13 heteroatoms. The molecule has 2 aliphatic heterocycles. The Hall–Kier alpha value is -1.87. The largest absolute Gasteiger partial charge is 0.479 e. The van der Waals surface area contributed by atoms with Crippen LogP contribution in [-0.4, -0.2) is 101 Å². The molecular weight excluding hydrogens is 406 g/mol. The van der Waals surface area contributed by atoms with Gasteiger partial charge >= 0.3 is 5.97 Å². The molecule has 0 aromatic rings. The van der Waals surface area contributed by atoms with Crippen LogP contribution >= 0.6 is 0 Å². The number of aliphatic hydroxyl groups excluding tert-OH is 2. The summed E-state index contributed by atoms with van der Waals surface area (Å²) in [7, 11) is 1.22. The summed E-state index contributed by atoms with van der Waals surface area (Å²) in [5.41, 5.74) is 5.89. The average molecular weight is 435 g/mol. The smallest absolute Gasteiger partial charge is 0.335 e. The fourth-order valence-corrected chi connectivity index (χ4v) is 3.52. The lowest BCUT2D eigenvalue weighted by Gasteiger charge is -2.47. The molecule has 0 bridgehead atoms. The standard InChI is InChI=1S/C17H29N3O10/c1-5-8(18)11(23)9(19-6(2)21)17(28-5)29-13-12(24)10(20-7(3)22)16(27-4)30-14(13)15(25)26/h5,8-14,16-17,23-24H,18H2,1-4H3,(H,19,21)(H,20,22)(H,25,26)/t5-,8+,9-,10-,11+,12-,13-,14-,16-,17+/m1/s1. The highest BCUT2D eigenvalue weighted by Gasteiger charge is 2.53. The first-order chi connectivity index (χ1) is 14.0. The molecule has 0 aliphatic carbocycles. The van der Waals surface area contributed by atoms with E-state index >= 15 is 0 Å². The molecule has 0 aromatic heterocycles. The van der Waals surface area contributed by atoms with Gasteiger partial charge in [0.25, 0.3) is 0 Å². The van der Waals surface area contributed by atoms with Crippen LogP contribution in [0.2, 0.25) is 0 Å². The number of hydrogen-bond acceptors (Lipinski definition) is 10. The molecule has 2 aliphatic rings. The molecule has 0 spiro atoms. The monoisotopic (exact) mass is 435 g/mol. The van der Waals surface area contributed by atoms with Crippen molar-refractivity contribution in [2.45, 2.75) is 82.0 Å². The van der Waals surface area contributed by atoms with Crippen LogP contribution in [0.25, 0.3) is 0 Å².